The van der Waals surface area contributed by atoms with Crippen molar-refractivity contribution in [3.8, 4) is 5.75 Å². The van der Waals surface area contributed by atoms with Crippen LogP contribution in [0.1, 0.15) is 12.5 Å². The Kier molecular flexibility index (Phi) is 6.25. The normalized spacial score (nSPS) is 10.1. The predicted octanol–water partition coefficient (Wildman–Crippen LogP) is 3.67. The van der Waals surface area contributed by atoms with Gasteiger partial charge in [-0.25, -0.2) is 0 Å². The van der Waals surface area contributed by atoms with Crippen LogP contribution >= 0.6 is 11.6 Å². The van der Waals surface area contributed by atoms with E-state index in [-0.39, 0.29) is 18.4 Å². The minimum atomic E-state index is -0.217. The number of anilines is 3. The van der Waals surface area contributed by atoms with Gasteiger partial charge in [-0.2, -0.15) is 0 Å². The first-order chi connectivity index (χ1) is 11.9. The van der Waals surface area contributed by atoms with E-state index < -0.39 is 0 Å². The molecule has 0 aliphatic rings. The third-order valence-corrected chi connectivity index (χ3v) is 3.81. The van der Waals surface area contributed by atoms with Gasteiger partial charge in [-0.1, -0.05) is 17.7 Å². The molecule has 6 nitrogen and oxygen atoms in total. The SMILES string of the molecule is COc1ccc(NC(=O)CNc2cccc(NC(C)=O)c2C)cc1Cl. The molecule has 0 heterocycles. The molecule has 7 heteroatoms. The molecule has 2 amide bonds. The first-order valence-electron chi connectivity index (χ1n) is 7.65. The van der Waals surface area contributed by atoms with E-state index in [4.69, 9.17) is 16.3 Å². The molecule has 0 aliphatic heterocycles. The predicted molar refractivity (Wildman–Crippen MR) is 101 cm³/mol. The molecule has 0 bridgehead atoms. The molecule has 0 saturated heterocycles. The van der Waals surface area contributed by atoms with Crippen molar-refractivity contribution in [1.29, 1.82) is 0 Å². The molecule has 0 atom stereocenters. The standard InChI is InChI=1S/C18H20ClN3O3/c1-11-15(5-4-6-16(11)21-12(2)23)20-10-18(24)22-13-7-8-17(25-3)14(19)9-13/h4-9,20H,10H2,1-3H3,(H,21,23)(H,22,24). The highest BCUT2D eigenvalue weighted by Crippen LogP contribution is 2.27. The van der Waals surface area contributed by atoms with Crippen molar-refractivity contribution in [2.24, 2.45) is 0 Å². The van der Waals surface area contributed by atoms with E-state index >= 15 is 0 Å². The van der Waals surface area contributed by atoms with E-state index in [9.17, 15) is 9.59 Å². The molecule has 0 saturated carbocycles. The Bertz CT molecular complexity index is 793. The number of ether oxygens (including phenoxy) is 1. The zero-order chi connectivity index (χ0) is 18.4. The Labute approximate surface area is 151 Å². The van der Waals surface area contributed by atoms with Crippen LogP contribution in [0.4, 0.5) is 17.1 Å². The summed E-state index contributed by atoms with van der Waals surface area (Å²) in [5.41, 5.74) is 2.92. The summed E-state index contributed by atoms with van der Waals surface area (Å²) in [5.74, 6) is 0.183. The molecule has 0 aliphatic carbocycles. The molecule has 0 aromatic heterocycles. The van der Waals surface area contributed by atoms with E-state index in [1.54, 1.807) is 24.3 Å². The smallest absolute Gasteiger partial charge is 0.243 e. The summed E-state index contributed by atoms with van der Waals surface area (Å²) in [6.07, 6.45) is 0. The maximum absolute atomic E-state index is 12.1. The van der Waals surface area contributed by atoms with Gasteiger partial charge in [0.25, 0.3) is 0 Å². The number of methoxy groups -OCH3 is 1. The summed E-state index contributed by atoms with van der Waals surface area (Å²) in [6.45, 7) is 3.40. The highest BCUT2D eigenvalue weighted by molar-refractivity contribution is 6.32. The van der Waals surface area contributed by atoms with E-state index in [0.717, 1.165) is 11.3 Å². The highest BCUT2D eigenvalue weighted by Gasteiger charge is 2.08. The Morgan fingerprint density at radius 3 is 2.48 bits per heavy atom. The molecule has 0 fully saturated rings. The van der Waals surface area contributed by atoms with Gasteiger partial charge in [-0.15, -0.1) is 0 Å². The monoisotopic (exact) mass is 361 g/mol. The van der Waals surface area contributed by atoms with E-state index in [1.165, 1.54) is 14.0 Å². The molecule has 25 heavy (non-hydrogen) atoms. The molecule has 132 valence electrons. The molecule has 0 unspecified atom stereocenters. The van der Waals surface area contributed by atoms with Gasteiger partial charge >= 0.3 is 0 Å². The summed E-state index contributed by atoms with van der Waals surface area (Å²) in [6, 6.07) is 10.5. The van der Waals surface area contributed by atoms with E-state index in [2.05, 4.69) is 16.0 Å². The van der Waals surface area contributed by atoms with Crippen LogP contribution in [0.2, 0.25) is 5.02 Å². The zero-order valence-corrected chi connectivity index (χ0v) is 15.0. The van der Waals surface area contributed by atoms with Gasteiger partial charge in [0.2, 0.25) is 11.8 Å². The third kappa shape index (κ3) is 5.12. The van der Waals surface area contributed by atoms with Crippen molar-refractivity contribution < 1.29 is 14.3 Å². The molecular formula is C18H20ClN3O3. The summed E-state index contributed by atoms with van der Waals surface area (Å²) in [7, 11) is 1.53. The van der Waals surface area contributed by atoms with E-state index in [0.29, 0.717) is 22.1 Å². The number of hydrogen-bond donors (Lipinski definition) is 3. The van der Waals surface area contributed by atoms with Crippen LogP contribution in [-0.4, -0.2) is 25.5 Å². The summed E-state index contributed by atoms with van der Waals surface area (Å²) >= 11 is 6.04. The van der Waals surface area contributed by atoms with Crippen LogP contribution in [0, 0.1) is 6.92 Å². The van der Waals surface area contributed by atoms with Gasteiger partial charge in [0, 0.05) is 24.0 Å². The van der Waals surface area contributed by atoms with Crippen LogP contribution in [0.15, 0.2) is 36.4 Å². The lowest BCUT2D eigenvalue weighted by molar-refractivity contribution is -0.115. The second kappa shape index (κ2) is 8.39. The lowest BCUT2D eigenvalue weighted by atomic mass is 10.1. The maximum Gasteiger partial charge on any atom is 0.243 e. The number of carbonyl (C=O) groups excluding carboxylic acids is 2. The summed E-state index contributed by atoms with van der Waals surface area (Å²) < 4.78 is 5.08. The average molecular weight is 362 g/mol. The first-order valence-corrected chi connectivity index (χ1v) is 8.03. The number of halogens is 1. The minimum absolute atomic E-state index is 0.0774. The average Bonchev–Trinajstić information content (AvgIpc) is 2.55. The van der Waals surface area contributed by atoms with Gasteiger partial charge < -0.3 is 20.7 Å². The number of rotatable bonds is 6. The molecular weight excluding hydrogens is 342 g/mol. The van der Waals surface area contributed by atoms with Crippen molar-refractivity contribution in [3.05, 3.63) is 47.0 Å². The van der Waals surface area contributed by atoms with Gasteiger partial charge in [0.15, 0.2) is 0 Å². The molecule has 2 aromatic rings. The van der Waals surface area contributed by atoms with Crippen LogP contribution in [0.3, 0.4) is 0 Å². The highest BCUT2D eigenvalue weighted by atomic mass is 35.5. The van der Waals surface area contributed by atoms with Crippen LogP contribution in [-0.2, 0) is 9.59 Å². The molecule has 0 spiro atoms. The molecule has 2 rings (SSSR count). The molecule has 2 aromatic carbocycles. The van der Waals surface area contributed by atoms with Gasteiger partial charge in [-0.3, -0.25) is 9.59 Å². The Hall–Kier alpha value is -2.73. The lowest BCUT2D eigenvalue weighted by Gasteiger charge is -2.14. The number of benzene rings is 2. The quantitative estimate of drug-likeness (QED) is 0.733. The molecule has 3 N–H and O–H groups in total. The fourth-order valence-corrected chi connectivity index (χ4v) is 2.53. The van der Waals surface area contributed by atoms with Crippen molar-refractivity contribution in [2.45, 2.75) is 13.8 Å². The second-order valence-corrected chi connectivity index (χ2v) is 5.82. The zero-order valence-electron chi connectivity index (χ0n) is 14.3. The number of carbonyl (C=O) groups is 2. The van der Waals surface area contributed by atoms with Crippen LogP contribution < -0.4 is 20.7 Å². The third-order valence-electron chi connectivity index (χ3n) is 3.52. The van der Waals surface area contributed by atoms with Crippen molar-refractivity contribution >= 4 is 40.5 Å². The lowest BCUT2D eigenvalue weighted by Crippen LogP contribution is -2.22. The minimum Gasteiger partial charge on any atom is -0.495 e. The summed E-state index contributed by atoms with van der Waals surface area (Å²) in [4.78, 5) is 23.3. The maximum atomic E-state index is 12.1. The number of hydrogen-bond acceptors (Lipinski definition) is 4. The van der Waals surface area contributed by atoms with Gasteiger partial charge in [0.1, 0.15) is 5.75 Å². The van der Waals surface area contributed by atoms with Crippen molar-refractivity contribution in [3.63, 3.8) is 0 Å². The van der Waals surface area contributed by atoms with Crippen LogP contribution in [0.25, 0.3) is 0 Å². The van der Waals surface area contributed by atoms with Crippen LogP contribution in [0.5, 0.6) is 5.75 Å². The van der Waals surface area contributed by atoms with E-state index in [1.807, 2.05) is 19.1 Å². The van der Waals surface area contributed by atoms with Gasteiger partial charge in [0.05, 0.1) is 18.7 Å². The Morgan fingerprint density at radius 1 is 1.12 bits per heavy atom. The first kappa shape index (κ1) is 18.6. The van der Waals surface area contributed by atoms with Gasteiger partial charge in [-0.05, 0) is 42.8 Å². The number of nitrogens with one attached hydrogen (secondary N) is 3. The fraction of sp³-hybridized carbons (Fsp3) is 0.222. The largest absolute Gasteiger partial charge is 0.495 e. The fourth-order valence-electron chi connectivity index (χ4n) is 2.28. The Balaban J connectivity index is 1.98. The summed E-state index contributed by atoms with van der Waals surface area (Å²) in [5, 5.41) is 9.00. The molecule has 0 radical (unpaired) electrons. The number of amides is 2. The van der Waals surface area contributed by atoms with Crippen molar-refractivity contribution in [2.75, 3.05) is 29.6 Å². The van der Waals surface area contributed by atoms with Crippen molar-refractivity contribution in [1.82, 2.24) is 0 Å². The Morgan fingerprint density at radius 2 is 1.84 bits per heavy atom. The topological polar surface area (TPSA) is 79.5 Å². The second-order valence-electron chi connectivity index (χ2n) is 5.41.